The molecule has 0 fully saturated rings. The van der Waals surface area contributed by atoms with Crippen molar-refractivity contribution in [1.82, 2.24) is 19.1 Å². The molecule has 4 nitrogen and oxygen atoms in total. The third-order valence-electron chi connectivity index (χ3n) is 9.50. The number of hydrogen-bond donors (Lipinski definition) is 0. The van der Waals surface area contributed by atoms with E-state index in [2.05, 4.69) is 164 Å². The first kappa shape index (κ1) is 55.6. The minimum Gasteiger partial charge on any atom is -1.00 e. The summed E-state index contributed by atoms with van der Waals surface area (Å²) in [5, 5.41) is 0. The topological polar surface area (TPSA) is 31.8 Å². The maximum Gasteiger partial charge on any atom is 0.327 e. The molecule has 0 spiro atoms. The fourth-order valence-electron chi connectivity index (χ4n) is 6.86. The van der Waals surface area contributed by atoms with Gasteiger partial charge in [0.25, 0.3) is 0 Å². The largest absolute Gasteiger partial charge is 1.00 e. The van der Waals surface area contributed by atoms with Crippen LogP contribution in [0.4, 0.5) is 23.0 Å². The second-order valence-corrected chi connectivity index (χ2v) is 14.3. The van der Waals surface area contributed by atoms with Gasteiger partial charge in [0, 0.05) is 75.2 Å². The van der Waals surface area contributed by atoms with Crippen molar-refractivity contribution in [3.8, 4) is 22.3 Å². The van der Waals surface area contributed by atoms with E-state index in [9.17, 15) is 0 Å². The molecule has 0 aliphatic rings. The third kappa shape index (κ3) is 12.5. The van der Waals surface area contributed by atoms with Crippen LogP contribution >= 0.6 is 0 Å². The summed E-state index contributed by atoms with van der Waals surface area (Å²) in [5.74, 6) is 3.19. The minimum atomic E-state index is 0. The van der Waals surface area contributed by atoms with Crippen molar-refractivity contribution in [2.24, 2.45) is 0 Å². The molecule has 0 aliphatic carbocycles. The fourth-order valence-corrected chi connectivity index (χ4v) is 6.86. The minimum absolute atomic E-state index is 0. The molecule has 304 valence electrons. The molecule has 0 amide bonds. The van der Waals surface area contributed by atoms with Crippen LogP contribution in [0, 0.1) is 6.92 Å². The van der Waals surface area contributed by atoms with Crippen molar-refractivity contribution in [2.45, 2.75) is 99.8 Å². The Morgan fingerprint density at radius 1 is 0.473 bits per heavy atom. The number of pyridine rings is 2. The van der Waals surface area contributed by atoms with Gasteiger partial charge in [0.1, 0.15) is 23.8 Å². The molecule has 0 unspecified atom stereocenters. The number of aromatic nitrogens is 2. The van der Waals surface area contributed by atoms with Crippen molar-refractivity contribution in [3.63, 3.8) is 0 Å². The van der Waals surface area contributed by atoms with E-state index in [0.29, 0.717) is 23.7 Å². The Hall–Kier alpha value is -1.46. The van der Waals surface area contributed by atoms with E-state index >= 15 is 0 Å². The van der Waals surface area contributed by atoms with Crippen molar-refractivity contribution in [3.05, 3.63) is 119 Å². The summed E-state index contributed by atoms with van der Waals surface area (Å²) in [6.07, 6.45) is 8.04. The van der Waals surface area contributed by atoms with E-state index in [1.807, 2.05) is 24.5 Å². The summed E-state index contributed by atoms with van der Waals surface area (Å²) in [4.78, 5) is 9.46. The van der Waals surface area contributed by atoms with Crippen LogP contribution in [-0.4, -0.2) is 22.4 Å². The summed E-state index contributed by atoms with van der Waals surface area (Å²) in [7, 11) is 0. The Morgan fingerprint density at radius 3 is 1.15 bits per heavy atom. The van der Waals surface area contributed by atoms with Crippen LogP contribution in [0.1, 0.15) is 121 Å². The molecular weight excluding hydrogens is 1130 g/mol. The third-order valence-corrected chi connectivity index (χ3v) is 9.50. The quantitative estimate of drug-likeness (QED) is 0.116. The average Bonchev–Trinajstić information content (AvgIpc) is 3.09. The molecule has 0 saturated heterocycles. The molecule has 3 aromatic carbocycles. The number of halogens is 4. The Morgan fingerprint density at radius 2 is 0.836 bits per heavy atom. The van der Waals surface area contributed by atoms with Gasteiger partial charge in [0.05, 0.1) is 12.4 Å². The van der Waals surface area contributed by atoms with Crippen LogP contribution < -0.4 is 77.1 Å². The molecule has 0 aliphatic heterocycles. The van der Waals surface area contributed by atoms with Crippen molar-refractivity contribution in [2.75, 3.05) is 0 Å². The van der Waals surface area contributed by atoms with Crippen molar-refractivity contribution < 1.29 is 109 Å². The second kappa shape index (κ2) is 25.1. The molecule has 55 heavy (non-hydrogen) atoms. The van der Waals surface area contributed by atoms with Gasteiger partial charge in [-0.05, 0) is 125 Å². The average molecular weight is 1180 g/mol. The first-order valence-electron chi connectivity index (χ1n) is 17.9. The summed E-state index contributed by atoms with van der Waals surface area (Å²) >= 11 is 0. The summed E-state index contributed by atoms with van der Waals surface area (Å²) in [6.45, 7) is 24.8. The Labute approximate surface area is 400 Å². The van der Waals surface area contributed by atoms with Gasteiger partial charge in [-0.15, -0.1) is 0 Å². The SMILES string of the molecule is CC=[N+](c1ccccn1)c1c(C(C)C)cc(-c2ccc(C)c(-c3cc(C(C)C)c([N+](=CC)c4ccccn4)c(C(C)C)c3)c2)cc1C(C)C.[Br-].[Br-].[Br-].[Br-].[Pd].[Pd]. The molecule has 5 rings (SSSR count). The fraction of sp³-hybridized carbons (Fsp3) is 0.333. The van der Waals surface area contributed by atoms with Crippen LogP contribution in [0.5, 0.6) is 0 Å². The first-order chi connectivity index (χ1) is 23.5. The molecule has 2 aromatic heterocycles. The van der Waals surface area contributed by atoms with Crippen LogP contribution in [0.3, 0.4) is 0 Å². The Kier molecular flexibility index (Phi) is 25.4. The van der Waals surface area contributed by atoms with Gasteiger partial charge < -0.3 is 67.9 Å². The molecule has 0 radical (unpaired) electrons. The normalized spacial score (nSPS) is 11.2. The molecule has 2 heterocycles. The number of nitrogens with zero attached hydrogens (tertiary/aromatic N) is 4. The van der Waals surface area contributed by atoms with E-state index in [0.717, 1.165) is 11.6 Å². The predicted octanol–water partition coefficient (Wildman–Crippen LogP) is 0.474. The smallest absolute Gasteiger partial charge is 0.327 e. The first-order valence-corrected chi connectivity index (χ1v) is 17.9. The molecule has 0 atom stereocenters. The van der Waals surface area contributed by atoms with E-state index in [4.69, 9.17) is 9.97 Å². The van der Waals surface area contributed by atoms with Crippen LogP contribution in [-0.2, 0) is 40.8 Å². The van der Waals surface area contributed by atoms with Gasteiger partial charge in [0.2, 0.25) is 0 Å². The van der Waals surface area contributed by atoms with E-state index in [-0.39, 0.29) is 109 Å². The zero-order chi connectivity index (χ0) is 35.4. The van der Waals surface area contributed by atoms with Crippen molar-refractivity contribution in [1.29, 1.82) is 0 Å². The van der Waals surface area contributed by atoms with Gasteiger partial charge in [0.15, 0.2) is 0 Å². The molecule has 10 heteroatoms. The van der Waals surface area contributed by atoms with E-state index < -0.39 is 0 Å². The number of hydrogen-bond acceptors (Lipinski definition) is 2. The zero-order valence-electron chi connectivity index (χ0n) is 33.6. The molecular formula is C45H54Br4N4Pd2-2. The summed E-state index contributed by atoms with van der Waals surface area (Å²) in [5.41, 5.74) is 14.1. The van der Waals surface area contributed by atoms with Gasteiger partial charge >= 0.3 is 11.6 Å². The molecule has 0 bridgehead atoms. The van der Waals surface area contributed by atoms with Crippen LogP contribution in [0.25, 0.3) is 22.3 Å². The standard InChI is InChI=1S/C45H54N4.4BrH.2Pd/c1-12-48(42-18-14-16-22-46-42)44-37(29(3)4)25-35(26-38(44)30(5)6)34-21-20-33(11)41(24-34)36-27-39(31(7)8)45(40(28-36)32(9)10)49(13-2)43-19-15-17-23-47-43;;;;;;/h12-32H,1-11H3;4*1H;;/q+2;;;;;;/p-4. The van der Waals surface area contributed by atoms with E-state index in [1.54, 1.807) is 0 Å². The van der Waals surface area contributed by atoms with Crippen molar-refractivity contribution >= 4 is 35.4 Å². The summed E-state index contributed by atoms with van der Waals surface area (Å²) < 4.78 is 4.53. The van der Waals surface area contributed by atoms with Gasteiger partial charge in [-0.1, -0.05) is 79.7 Å². The summed E-state index contributed by atoms with van der Waals surface area (Å²) in [6, 6.07) is 28.9. The Balaban J connectivity index is 0. The zero-order valence-corrected chi connectivity index (χ0v) is 43.0. The number of benzene rings is 3. The number of aryl methyl sites for hydroxylation is 1. The predicted molar refractivity (Wildman–Crippen MR) is 213 cm³/mol. The maximum absolute atomic E-state index is 4.73. The maximum atomic E-state index is 4.73. The number of rotatable bonds is 10. The Bertz CT molecular complexity index is 1960. The molecule has 0 N–H and O–H groups in total. The molecule has 0 saturated carbocycles. The van der Waals surface area contributed by atoms with Gasteiger partial charge in [-0.3, -0.25) is 0 Å². The van der Waals surface area contributed by atoms with Gasteiger partial charge in [-0.25, -0.2) is 9.15 Å². The monoisotopic (exact) mass is 1180 g/mol. The van der Waals surface area contributed by atoms with Crippen LogP contribution in [0.15, 0.2) is 91.3 Å². The van der Waals surface area contributed by atoms with E-state index in [1.165, 1.54) is 61.4 Å². The second-order valence-electron chi connectivity index (χ2n) is 14.3. The molecule has 5 aromatic rings. The van der Waals surface area contributed by atoms with Crippen LogP contribution in [0.2, 0.25) is 0 Å². The van der Waals surface area contributed by atoms with Gasteiger partial charge in [-0.2, -0.15) is 0 Å².